The molecule has 4 atom stereocenters. The van der Waals surface area contributed by atoms with Crippen molar-refractivity contribution in [2.75, 3.05) is 6.61 Å². The zero-order valence-corrected chi connectivity index (χ0v) is 17.1. The average molecular weight is 546 g/mol. The van der Waals surface area contributed by atoms with Crippen LogP contribution in [0.5, 0.6) is 0 Å². The molecule has 11 nitrogen and oxygen atoms in total. The van der Waals surface area contributed by atoms with Crippen molar-refractivity contribution in [3.63, 3.8) is 0 Å². The highest BCUT2D eigenvalue weighted by molar-refractivity contribution is 5.77. The predicted molar refractivity (Wildman–Crippen MR) is 88.9 cm³/mol. The molecule has 0 amide bonds. The van der Waals surface area contributed by atoms with Crippen LogP contribution in [0.4, 0.5) is 39.5 Å². The Morgan fingerprint density at radius 2 is 1.36 bits per heavy atom. The highest BCUT2D eigenvalue weighted by Crippen LogP contribution is 2.36. The molecule has 1 aliphatic rings. The second-order valence-corrected chi connectivity index (χ2v) is 6.88. The summed E-state index contributed by atoms with van der Waals surface area (Å²) in [6.45, 7) is -0.647. The van der Waals surface area contributed by atoms with E-state index in [2.05, 4.69) is 14.2 Å². The first-order chi connectivity index (χ1) is 16.2. The number of carbonyl (C=O) groups excluding carboxylic acids is 3. The Bertz CT molecular complexity index is 1140. The van der Waals surface area contributed by atoms with Gasteiger partial charge in [0, 0.05) is 11.8 Å². The molecule has 0 spiro atoms. The van der Waals surface area contributed by atoms with E-state index >= 15 is 0 Å². The van der Waals surface area contributed by atoms with E-state index in [-0.39, 0.29) is 10.1 Å². The molecule has 0 radical (unpaired) electrons. The van der Waals surface area contributed by atoms with Crippen LogP contribution in [0.15, 0.2) is 15.8 Å². The Labute approximate surface area is 190 Å². The molecule has 1 N–H and O–H groups in total. The van der Waals surface area contributed by atoms with Crippen molar-refractivity contribution in [3.05, 3.63) is 32.6 Å². The van der Waals surface area contributed by atoms with Crippen molar-refractivity contribution >= 4 is 17.9 Å². The monoisotopic (exact) mass is 546 g/mol. The normalized spacial score (nSPS) is 22.7. The largest absolute Gasteiger partial charge is 0.490 e. The molecule has 20 heteroatoms. The summed E-state index contributed by atoms with van der Waals surface area (Å²) < 4.78 is 131. The van der Waals surface area contributed by atoms with Crippen LogP contribution < -0.4 is 11.2 Å². The number of nitrogens with zero attached hydrogens (tertiary/aromatic N) is 1. The number of nitrogens with one attached hydrogen (secondary N) is 1. The quantitative estimate of drug-likeness (QED) is 0.322. The van der Waals surface area contributed by atoms with Gasteiger partial charge < -0.3 is 18.9 Å². The molecular formula is C16H11F9N2O9. The molecule has 0 aromatic carbocycles. The van der Waals surface area contributed by atoms with Crippen LogP contribution in [0.3, 0.4) is 0 Å². The molecule has 2 rings (SSSR count). The Hall–Kier alpha value is -3.58. The summed E-state index contributed by atoms with van der Waals surface area (Å²) in [4.78, 5) is 59.0. The van der Waals surface area contributed by atoms with Gasteiger partial charge in [0.05, 0.1) is 0 Å². The summed E-state index contributed by atoms with van der Waals surface area (Å²) in [5.41, 5.74) is -2.86. The van der Waals surface area contributed by atoms with Gasteiger partial charge in [0.1, 0.15) is 12.7 Å². The van der Waals surface area contributed by atoms with E-state index in [1.807, 2.05) is 0 Å². The second kappa shape index (κ2) is 9.82. The number of rotatable bonds is 5. The first-order valence-corrected chi connectivity index (χ1v) is 9.00. The molecule has 4 unspecified atom stereocenters. The fourth-order valence-electron chi connectivity index (χ4n) is 2.73. The van der Waals surface area contributed by atoms with Crippen LogP contribution in [-0.2, 0) is 33.3 Å². The maximum absolute atomic E-state index is 12.8. The molecule has 202 valence electrons. The molecule has 36 heavy (non-hydrogen) atoms. The molecule has 0 bridgehead atoms. The average Bonchev–Trinajstić information content (AvgIpc) is 3.03. The number of esters is 3. The van der Waals surface area contributed by atoms with Crippen molar-refractivity contribution in [1.29, 1.82) is 0 Å². The van der Waals surface area contributed by atoms with Gasteiger partial charge in [-0.1, -0.05) is 0 Å². The summed E-state index contributed by atoms with van der Waals surface area (Å²) >= 11 is 0. The van der Waals surface area contributed by atoms with Gasteiger partial charge >= 0.3 is 42.1 Å². The smallest absolute Gasteiger partial charge is 0.456 e. The predicted octanol–water partition coefficient (Wildman–Crippen LogP) is 0.796. The van der Waals surface area contributed by atoms with E-state index in [1.165, 1.54) is 0 Å². The van der Waals surface area contributed by atoms with Crippen LogP contribution in [0.2, 0.25) is 0 Å². The molecule has 1 aliphatic heterocycles. The van der Waals surface area contributed by atoms with Crippen LogP contribution in [0.25, 0.3) is 0 Å². The first kappa shape index (κ1) is 28.7. The zero-order valence-electron chi connectivity index (χ0n) is 17.1. The minimum atomic E-state index is -5.81. The van der Waals surface area contributed by atoms with Crippen molar-refractivity contribution in [3.8, 4) is 0 Å². The van der Waals surface area contributed by atoms with Gasteiger partial charge in [-0.2, -0.15) is 39.5 Å². The number of aromatic nitrogens is 2. The van der Waals surface area contributed by atoms with Crippen molar-refractivity contribution in [2.24, 2.45) is 0 Å². The molecule has 0 aliphatic carbocycles. The SMILES string of the molecule is Cc1cn(C2OC(COC(=O)C(F)(F)F)C(OC(=O)C(F)(F)F)C2OC(=O)C(F)(F)F)c(=O)[nH]c1=O. The minimum Gasteiger partial charge on any atom is -0.456 e. The van der Waals surface area contributed by atoms with Crippen molar-refractivity contribution in [1.82, 2.24) is 9.55 Å². The maximum atomic E-state index is 12.8. The summed E-state index contributed by atoms with van der Waals surface area (Å²) in [7, 11) is 0. The van der Waals surface area contributed by atoms with Crippen LogP contribution in [-0.4, -0.2) is 70.9 Å². The lowest BCUT2D eigenvalue weighted by Gasteiger charge is -2.25. The van der Waals surface area contributed by atoms with Gasteiger partial charge in [-0.15, -0.1) is 0 Å². The van der Waals surface area contributed by atoms with E-state index in [4.69, 9.17) is 4.74 Å². The Morgan fingerprint density at radius 1 is 0.889 bits per heavy atom. The molecule has 1 fully saturated rings. The van der Waals surface area contributed by atoms with Crippen molar-refractivity contribution < 1.29 is 72.8 Å². The molecule has 2 heterocycles. The number of alkyl halides is 9. The number of hydrogen-bond acceptors (Lipinski definition) is 9. The van der Waals surface area contributed by atoms with Gasteiger partial charge in [-0.25, -0.2) is 19.2 Å². The standard InChI is InChI=1S/C16H11F9N2O9/c1-4-2-27(13(32)26-8(4)28)9-7(36-12(31)16(23,24)25)6(35-11(30)15(20,21)22)5(34-9)3-33-10(29)14(17,18)19/h2,5-7,9H,3H2,1H3,(H,26,28,32). The first-order valence-electron chi connectivity index (χ1n) is 9.00. The number of H-pyrrole nitrogens is 1. The van der Waals surface area contributed by atoms with Gasteiger partial charge in [0.25, 0.3) is 5.56 Å². The Kier molecular flexibility index (Phi) is 7.81. The highest BCUT2D eigenvalue weighted by atomic mass is 19.4. The number of aryl methyl sites for hydroxylation is 1. The molecular weight excluding hydrogens is 535 g/mol. The summed E-state index contributed by atoms with van der Waals surface area (Å²) in [5.74, 6) is -9.12. The molecule has 1 aromatic rings. The maximum Gasteiger partial charge on any atom is 0.490 e. The number of halogens is 9. The Morgan fingerprint density at radius 3 is 1.83 bits per heavy atom. The number of hydrogen-bond donors (Lipinski definition) is 1. The van der Waals surface area contributed by atoms with Gasteiger partial charge in [0.2, 0.25) is 0 Å². The second-order valence-electron chi connectivity index (χ2n) is 6.88. The highest BCUT2D eigenvalue weighted by Gasteiger charge is 2.57. The van der Waals surface area contributed by atoms with Crippen LogP contribution >= 0.6 is 0 Å². The van der Waals surface area contributed by atoms with E-state index in [0.29, 0.717) is 6.20 Å². The fraction of sp³-hybridized carbons (Fsp3) is 0.562. The fourth-order valence-corrected chi connectivity index (χ4v) is 2.73. The third-order valence-electron chi connectivity index (χ3n) is 4.26. The van der Waals surface area contributed by atoms with E-state index in [1.54, 1.807) is 4.98 Å². The van der Waals surface area contributed by atoms with Crippen LogP contribution in [0, 0.1) is 6.92 Å². The van der Waals surface area contributed by atoms with E-state index in [0.717, 1.165) is 6.92 Å². The van der Waals surface area contributed by atoms with Crippen LogP contribution in [0.1, 0.15) is 11.8 Å². The van der Waals surface area contributed by atoms with Gasteiger partial charge in [-0.05, 0) is 6.92 Å². The lowest BCUT2D eigenvalue weighted by molar-refractivity contribution is -0.222. The minimum absolute atomic E-state index is 0.199. The molecule has 0 saturated carbocycles. The van der Waals surface area contributed by atoms with E-state index in [9.17, 15) is 63.5 Å². The number of ether oxygens (including phenoxy) is 4. The summed E-state index contributed by atoms with van der Waals surface area (Å²) in [6, 6.07) is 0. The van der Waals surface area contributed by atoms with E-state index < -0.39 is 78.8 Å². The summed E-state index contributed by atoms with van der Waals surface area (Å²) in [6.07, 6.45) is -27.1. The third kappa shape index (κ3) is 6.55. The molecule has 1 saturated heterocycles. The Balaban J connectivity index is 2.58. The lowest BCUT2D eigenvalue weighted by atomic mass is 10.1. The number of carbonyl (C=O) groups is 3. The van der Waals surface area contributed by atoms with Crippen molar-refractivity contribution in [2.45, 2.75) is 50.0 Å². The molecule has 1 aromatic heterocycles. The topological polar surface area (TPSA) is 143 Å². The third-order valence-corrected chi connectivity index (χ3v) is 4.26. The van der Waals surface area contributed by atoms with Gasteiger partial charge in [0.15, 0.2) is 18.4 Å². The van der Waals surface area contributed by atoms with Gasteiger partial charge in [-0.3, -0.25) is 14.3 Å². The zero-order chi connectivity index (χ0) is 27.8. The number of aromatic amines is 1. The lowest BCUT2D eigenvalue weighted by Crippen LogP contribution is -2.46. The summed E-state index contributed by atoms with van der Waals surface area (Å²) in [5, 5.41) is 0.